The van der Waals surface area contributed by atoms with E-state index < -0.39 is 5.91 Å². The Labute approximate surface area is 208 Å². The molecule has 3 amide bonds. The lowest BCUT2D eigenvalue weighted by Gasteiger charge is -2.20. The molecule has 0 fully saturated rings. The van der Waals surface area contributed by atoms with Crippen LogP contribution in [0.25, 0.3) is 16.7 Å². The third kappa shape index (κ3) is 3.75. The highest BCUT2D eigenvalue weighted by atomic mass is 16.2. The van der Waals surface area contributed by atoms with E-state index in [9.17, 15) is 14.4 Å². The van der Waals surface area contributed by atoms with Gasteiger partial charge in [-0.05, 0) is 69.5 Å². The lowest BCUT2D eigenvalue weighted by Crippen LogP contribution is -2.37. The number of carbonyl (C=O) groups is 3. The molecular formula is C28H27N5O3. The number of hydrogen-bond donors (Lipinski definition) is 1. The predicted molar refractivity (Wildman–Crippen MR) is 138 cm³/mol. The molecule has 3 heterocycles. The van der Waals surface area contributed by atoms with Crippen LogP contribution in [0.2, 0.25) is 0 Å². The maximum Gasteiger partial charge on any atom is 0.261 e. The fraction of sp³-hybridized carbons (Fsp3) is 0.250. The number of amides is 3. The molecule has 0 radical (unpaired) electrons. The summed E-state index contributed by atoms with van der Waals surface area (Å²) in [5.41, 5.74) is 4.56. The number of benzene rings is 2. The Morgan fingerprint density at radius 1 is 0.972 bits per heavy atom. The van der Waals surface area contributed by atoms with Crippen molar-refractivity contribution in [3.63, 3.8) is 0 Å². The van der Waals surface area contributed by atoms with E-state index in [1.165, 1.54) is 11.0 Å². The molecule has 1 atom stereocenters. The van der Waals surface area contributed by atoms with Gasteiger partial charge in [-0.3, -0.25) is 19.3 Å². The molecule has 1 aliphatic heterocycles. The van der Waals surface area contributed by atoms with Gasteiger partial charge in [-0.15, -0.1) is 0 Å². The van der Waals surface area contributed by atoms with E-state index in [0.717, 1.165) is 22.0 Å². The van der Waals surface area contributed by atoms with Crippen molar-refractivity contribution < 1.29 is 14.4 Å². The summed E-state index contributed by atoms with van der Waals surface area (Å²) in [6, 6.07) is 14.1. The molecule has 1 aliphatic rings. The standard InChI is InChI=1S/C28H27N5O3/c1-6-18(5)32-27(35)21-11-10-19(14-22(21)28(32)36)26(34)30-24-13-17(4)31-33(24)23-12-16(3)20-9-7-8-15(2)25(20)29-23/h7-14,18H,6H2,1-5H3,(H,30,34). The Hall–Kier alpha value is -4.33. The predicted octanol–water partition coefficient (Wildman–Crippen LogP) is 4.99. The number of nitrogens with zero attached hydrogens (tertiary/aromatic N) is 4. The second-order valence-corrected chi connectivity index (χ2v) is 9.30. The lowest BCUT2D eigenvalue weighted by molar-refractivity contribution is 0.0593. The van der Waals surface area contributed by atoms with Crippen molar-refractivity contribution in [2.45, 2.75) is 47.1 Å². The largest absolute Gasteiger partial charge is 0.306 e. The van der Waals surface area contributed by atoms with Gasteiger partial charge in [0.05, 0.1) is 22.3 Å². The van der Waals surface area contributed by atoms with Crippen LogP contribution in [0.4, 0.5) is 5.82 Å². The van der Waals surface area contributed by atoms with Crippen molar-refractivity contribution in [2.75, 3.05) is 5.32 Å². The maximum atomic E-state index is 13.2. The molecule has 2 aromatic heterocycles. The van der Waals surface area contributed by atoms with Crippen LogP contribution in [0.3, 0.4) is 0 Å². The van der Waals surface area contributed by atoms with Crippen molar-refractivity contribution in [1.82, 2.24) is 19.7 Å². The summed E-state index contributed by atoms with van der Waals surface area (Å²) in [5, 5.41) is 8.53. The van der Waals surface area contributed by atoms with E-state index in [1.54, 1.807) is 22.9 Å². The zero-order valence-corrected chi connectivity index (χ0v) is 20.9. The number of aryl methyl sites for hydroxylation is 3. The van der Waals surface area contributed by atoms with Gasteiger partial charge in [-0.2, -0.15) is 9.78 Å². The molecule has 0 saturated carbocycles. The molecule has 0 spiro atoms. The quantitative estimate of drug-likeness (QED) is 0.405. The van der Waals surface area contributed by atoms with Crippen LogP contribution < -0.4 is 5.32 Å². The summed E-state index contributed by atoms with van der Waals surface area (Å²) in [4.78, 5) is 44.9. The smallest absolute Gasteiger partial charge is 0.261 e. The number of rotatable bonds is 5. The molecule has 0 saturated heterocycles. The third-order valence-electron chi connectivity index (χ3n) is 6.74. The summed E-state index contributed by atoms with van der Waals surface area (Å²) in [7, 11) is 0. The fourth-order valence-electron chi connectivity index (χ4n) is 4.59. The second-order valence-electron chi connectivity index (χ2n) is 9.30. The van der Waals surface area contributed by atoms with Gasteiger partial charge in [0, 0.05) is 23.1 Å². The fourth-order valence-corrected chi connectivity index (χ4v) is 4.59. The molecule has 8 nitrogen and oxygen atoms in total. The molecule has 2 aromatic carbocycles. The number of fused-ring (bicyclic) bond motifs is 2. The molecule has 1 unspecified atom stereocenters. The number of anilines is 1. The van der Waals surface area contributed by atoms with E-state index >= 15 is 0 Å². The molecule has 1 N–H and O–H groups in total. The minimum absolute atomic E-state index is 0.214. The number of imide groups is 1. The van der Waals surface area contributed by atoms with Crippen molar-refractivity contribution >= 4 is 34.4 Å². The first-order valence-corrected chi connectivity index (χ1v) is 12.0. The van der Waals surface area contributed by atoms with Gasteiger partial charge >= 0.3 is 0 Å². The van der Waals surface area contributed by atoms with E-state index in [2.05, 4.69) is 10.4 Å². The minimum atomic E-state index is -0.408. The molecule has 182 valence electrons. The van der Waals surface area contributed by atoms with E-state index in [-0.39, 0.29) is 29.0 Å². The van der Waals surface area contributed by atoms with Crippen LogP contribution in [-0.4, -0.2) is 43.4 Å². The number of aromatic nitrogens is 3. The summed E-state index contributed by atoms with van der Waals surface area (Å²) in [5.74, 6) is -0.0443. The molecule has 0 aliphatic carbocycles. The zero-order valence-electron chi connectivity index (χ0n) is 20.9. The van der Waals surface area contributed by atoms with Crippen molar-refractivity contribution in [3.8, 4) is 5.82 Å². The Morgan fingerprint density at radius 2 is 1.72 bits per heavy atom. The topological polar surface area (TPSA) is 97.2 Å². The zero-order chi connectivity index (χ0) is 25.7. The minimum Gasteiger partial charge on any atom is -0.306 e. The summed E-state index contributed by atoms with van der Waals surface area (Å²) in [6.45, 7) is 9.63. The highest BCUT2D eigenvalue weighted by Crippen LogP contribution is 2.28. The van der Waals surface area contributed by atoms with Crippen LogP contribution in [0, 0.1) is 20.8 Å². The van der Waals surface area contributed by atoms with Crippen LogP contribution in [0.5, 0.6) is 0 Å². The van der Waals surface area contributed by atoms with E-state index in [0.29, 0.717) is 29.3 Å². The van der Waals surface area contributed by atoms with Gasteiger partial charge in [-0.25, -0.2) is 4.98 Å². The molecule has 8 heteroatoms. The Balaban J connectivity index is 1.48. The third-order valence-corrected chi connectivity index (χ3v) is 6.74. The number of hydrogen-bond acceptors (Lipinski definition) is 5. The van der Waals surface area contributed by atoms with Gasteiger partial charge in [0.15, 0.2) is 5.82 Å². The average Bonchev–Trinajstić information content (AvgIpc) is 3.35. The number of carbonyl (C=O) groups excluding carboxylic acids is 3. The molecule has 0 bridgehead atoms. The van der Waals surface area contributed by atoms with Gasteiger partial charge < -0.3 is 5.32 Å². The molecule has 5 rings (SSSR count). The summed E-state index contributed by atoms with van der Waals surface area (Å²) >= 11 is 0. The van der Waals surface area contributed by atoms with Gasteiger partial charge in [-0.1, -0.05) is 25.1 Å². The Bertz CT molecular complexity index is 1570. The first-order valence-electron chi connectivity index (χ1n) is 12.0. The first kappa shape index (κ1) is 23.4. The number of nitrogens with one attached hydrogen (secondary N) is 1. The molecule has 4 aromatic rings. The highest BCUT2D eigenvalue weighted by molar-refractivity contribution is 6.22. The van der Waals surface area contributed by atoms with E-state index in [1.807, 2.05) is 58.9 Å². The Morgan fingerprint density at radius 3 is 2.47 bits per heavy atom. The van der Waals surface area contributed by atoms with E-state index in [4.69, 9.17) is 4.98 Å². The van der Waals surface area contributed by atoms with Crippen molar-refractivity contribution in [2.24, 2.45) is 0 Å². The monoisotopic (exact) mass is 481 g/mol. The average molecular weight is 482 g/mol. The molecular weight excluding hydrogens is 454 g/mol. The van der Waals surface area contributed by atoms with Crippen LogP contribution in [0.15, 0.2) is 48.5 Å². The lowest BCUT2D eigenvalue weighted by atomic mass is 10.1. The Kier molecular flexibility index (Phi) is 5.67. The maximum absolute atomic E-state index is 13.2. The van der Waals surface area contributed by atoms with Gasteiger partial charge in [0.25, 0.3) is 17.7 Å². The molecule has 36 heavy (non-hydrogen) atoms. The van der Waals surface area contributed by atoms with Crippen LogP contribution in [-0.2, 0) is 0 Å². The number of para-hydroxylation sites is 1. The van der Waals surface area contributed by atoms with Crippen LogP contribution in [0.1, 0.15) is 68.2 Å². The van der Waals surface area contributed by atoms with Crippen molar-refractivity contribution in [1.29, 1.82) is 0 Å². The highest BCUT2D eigenvalue weighted by Gasteiger charge is 2.38. The number of pyridine rings is 1. The van der Waals surface area contributed by atoms with Gasteiger partial charge in [0.2, 0.25) is 0 Å². The first-order chi connectivity index (χ1) is 17.2. The van der Waals surface area contributed by atoms with Gasteiger partial charge in [0.1, 0.15) is 5.82 Å². The second kappa shape index (κ2) is 8.71. The summed E-state index contributed by atoms with van der Waals surface area (Å²) in [6.07, 6.45) is 0.657. The summed E-state index contributed by atoms with van der Waals surface area (Å²) < 4.78 is 1.61. The van der Waals surface area contributed by atoms with Crippen LogP contribution >= 0.6 is 0 Å². The van der Waals surface area contributed by atoms with Crippen molar-refractivity contribution in [3.05, 3.63) is 82.0 Å². The SMILES string of the molecule is CCC(C)N1C(=O)c2ccc(C(=O)Nc3cc(C)nn3-c3cc(C)c4cccc(C)c4n3)cc2C1=O. The normalized spacial score (nSPS) is 13.9.